The minimum atomic E-state index is -0.371. The van der Waals surface area contributed by atoms with Crippen LogP contribution in [-0.2, 0) is 4.79 Å². The molecule has 1 atom stereocenters. The molecule has 3 aromatic rings. The number of halogens is 2. The normalized spacial score (nSPS) is 12.4. The van der Waals surface area contributed by atoms with Gasteiger partial charge in [-0.3, -0.25) is 9.20 Å². The molecule has 0 aliphatic carbocycles. The lowest BCUT2D eigenvalue weighted by Crippen LogP contribution is -2.23. The Balaban J connectivity index is 1.80. The van der Waals surface area contributed by atoms with E-state index in [0.717, 1.165) is 16.8 Å². The van der Waals surface area contributed by atoms with Crippen LogP contribution in [0.15, 0.2) is 35.6 Å². The number of amides is 1. The number of anilines is 1. The van der Waals surface area contributed by atoms with Crippen LogP contribution in [0.1, 0.15) is 18.1 Å². The van der Waals surface area contributed by atoms with Gasteiger partial charge in [0, 0.05) is 11.9 Å². The van der Waals surface area contributed by atoms with E-state index in [2.05, 4.69) is 15.5 Å². The number of thioether (sulfide) groups is 1. The number of benzene rings is 1. The number of nitrogens with one attached hydrogen (secondary N) is 1. The molecule has 0 saturated carbocycles. The van der Waals surface area contributed by atoms with E-state index < -0.39 is 0 Å². The highest BCUT2D eigenvalue weighted by Crippen LogP contribution is 2.28. The van der Waals surface area contributed by atoms with Gasteiger partial charge in [-0.05, 0) is 38.0 Å². The molecular weight excluding hydrogens is 379 g/mol. The van der Waals surface area contributed by atoms with E-state index in [1.54, 1.807) is 16.7 Å². The summed E-state index contributed by atoms with van der Waals surface area (Å²) in [6.45, 7) is 5.76. The Morgan fingerprint density at radius 1 is 1.24 bits per heavy atom. The number of fused-ring (bicyclic) bond motifs is 1. The minimum Gasteiger partial charge on any atom is -0.325 e. The van der Waals surface area contributed by atoms with Gasteiger partial charge in [-0.25, -0.2) is 0 Å². The molecule has 0 spiro atoms. The van der Waals surface area contributed by atoms with Crippen LogP contribution in [0.2, 0.25) is 10.0 Å². The zero-order valence-corrected chi connectivity index (χ0v) is 16.2. The van der Waals surface area contributed by atoms with Crippen molar-refractivity contribution >= 4 is 52.2 Å². The van der Waals surface area contributed by atoms with E-state index >= 15 is 0 Å². The van der Waals surface area contributed by atoms with Crippen LogP contribution in [0.4, 0.5) is 5.69 Å². The first-order chi connectivity index (χ1) is 11.9. The van der Waals surface area contributed by atoms with Crippen molar-refractivity contribution in [1.29, 1.82) is 0 Å². The van der Waals surface area contributed by atoms with Crippen molar-refractivity contribution in [2.45, 2.75) is 31.2 Å². The number of carbonyl (C=O) groups excluding carboxylic acids is 1. The number of aromatic nitrogens is 3. The Bertz CT molecular complexity index is 937. The fourth-order valence-corrected chi connectivity index (χ4v) is 3.76. The third-order valence-electron chi connectivity index (χ3n) is 3.78. The van der Waals surface area contributed by atoms with Gasteiger partial charge in [-0.2, -0.15) is 0 Å². The van der Waals surface area contributed by atoms with Crippen molar-refractivity contribution < 1.29 is 4.79 Å². The van der Waals surface area contributed by atoms with Crippen LogP contribution < -0.4 is 5.32 Å². The summed E-state index contributed by atoms with van der Waals surface area (Å²) in [6.07, 6.45) is 1.68. The quantitative estimate of drug-likeness (QED) is 0.647. The number of pyridine rings is 1. The Labute approximate surface area is 159 Å². The number of rotatable bonds is 4. The third kappa shape index (κ3) is 3.76. The SMILES string of the molecule is Cc1cccc(C)c1NC(=O)[C@H](C)Sc1nnc2c(Cl)cc(Cl)cn12. The minimum absolute atomic E-state index is 0.104. The molecule has 3 rings (SSSR count). The lowest BCUT2D eigenvalue weighted by atomic mass is 10.1. The second-order valence-electron chi connectivity index (χ2n) is 5.70. The number of hydrogen-bond acceptors (Lipinski definition) is 4. The van der Waals surface area contributed by atoms with Gasteiger partial charge in [0.2, 0.25) is 5.91 Å². The summed E-state index contributed by atoms with van der Waals surface area (Å²) in [7, 11) is 0. The number of nitrogens with zero attached hydrogens (tertiary/aromatic N) is 3. The summed E-state index contributed by atoms with van der Waals surface area (Å²) < 4.78 is 1.69. The molecule has 5 nitrogen and oxygen atoms in total. The summed E-state index contributed by atoms with van der Waals surface area (Å²) in [5, 5.41) is 12.2. The lowest BCUT2D eigenvalue weighted by Gasteiger charge is -2.14. The van der Waals surface area contributed by atoms with Crippen molar-refractivity contribution in [1.82, 2.24) is 14.6 Å². The van der Waals surface area contributed by atoms with E-state index in [1.165, 1.54) is 11.8 Å². The first-order valence-corrected chi connectivity index (χ1v) is 9.24. The average molecular weight is 395 g/mol. The van der Waals surface area contributed by atoms with Gasteiger partial charge in [0.1, 0.15) is 0 Å². The molecule has 0 unspecified atom stereocenters. The van der Waals surface area contributed by atoms with Crippen LogP contribution in [0, 0.1) is 13.8 Å². The molecule has 0 radical (unpaired) electrons. The van der Waals surface area contributed by atoms with Crippen molar-refractivity contribution in [3.63, 3.8) is 0 Å². The van der Waals surface area contributed by atoms with Crippen molar-refractivity contribution in [3.8, 4) is 0 Å². The molecule has 2 heterocycles. The highest BCUT2D eigenvalue weighted by Gasteiger charge is 2.20. The summed E-state index contributed by atoms with van der Waals surface area (Å²) >= 11 is 13.5. The van der Waals surface area contributed by atoms with Crippen LogP contribution in [-0.4, -0.2) is 25.8 Å². The zero-order valence-electron chi connectivity index (χ0n) is 13.9. The van der Waals surface area contributed by atoms with Crippen molar-refractivity contribution in [2.24, 2.45) is 0 Å². The molecule has 1 amide bonds. The smallest absolute Gasteiger partial charge is 0.237 e. The van der Waals surface area contributed by atoms with Gasteiger partial charge < -0.3 is 5.32 Å². The standard InChI is InChI=1S/C17H16Cl2N4OS/c1-9-5-4-6-10(2)14(9)20-16(24)11(3)25-17-22-21-15-13(19)7-12(18)8-23(15)17/h4-8,11H,1-3H3,(H,20,24)/t11-/m0/s1. The maximum Gasteiger partial charge on any atom is 0.237 e. The van der Waals surface area contributed by atoms with Crippen LogP contribution >= 0.6 is 35.0 Å². The van der Waals surface area contributed by atoms with Crippen molar-refractivity contribution in [3.05, 3.63) is 51.6 Å². The molecule has 1 aromatic carbocycles. The molecule has 0 aliphatic heterocycles. The van der Waals surface area contributed by atoms with E-state index in [4.69, 9.17) is 23.2 Å². The number of hydrogen-bond donors (Lipinski definition) is 1. The number of carbonyl (C=O) groups is 1. The third-order valence-corrected chi connectivity index (χ3v) is 5.32. The van der Waals surface area contributed by atoms with Crippen LogP contribution in [0.3, 0.4) is 0 Å². The molecular formula is C17H16Cl2N4OS. The number of aryl methyl sites for hydroxylation is 2. The van der Waals surface area contributed by atoms with Crippen molar-refractivity contribution in [2.75, 3.05) is 5.32 Å². The maximum absolute atomic E-state index is 12.6. The number of para-hydroxylation sites is 1. The Morgan fingerprint density at radius 3 is 2.60 bits per heavy atom. The first kappa shape index (κ1) is 18.0. The zero-order chi connectivity index (χ0) is 18.1. The first-order valence-electron chi connectivity index (χ1n) is 7.60. The molecule has 8 heteroatoms. The van der Waals surface area contributed by atoms with Gasteiger partial charge >= 0.3 is 0 Å². The highest BCUT2D eigenvalue weighted by atomic mass is 35.5. The summed E-state index contributed by atoms with van der Waals surface area (Å²) in [4.78, 5) is 12.6. The second kappa shape index (κ2) is 7.23. The topological polar surface area (TPSA) is 59.3 Å². The summed E-state index contributed by atoms with van der Waals surface area (Å²) in [5.41, 5.74) is 3.40. The Kier molecular flexibility index (Phi) is 5.22. The van der Waals surface area contributed by atoms with E-state index in [9.17, 15) is 4.79 Å². The summed E-state index contributed by atoms with van der Waals surface area (Å²) in [5.74, 6) is -0.104. The van der Waals surface area contributed by atoms with Gasteiger partial charge in [0.15, 0.2) is 10.8 Å². The predicted octanol–water partition coefficient (Wildman–Crippen LogP) is 4.77. The van der Waals surface area contributed by atoms with E-state index in [-0.39, 0.29) is 11.2 Å². The lowest BCUT2D eigenvalue weighted by molar-refractivity contribution is -0.115. The molecule has 130 valence electrons. The molecule has 25 heavy (non-hydrogen) atoms. The van der Waals surface area contributed by atoms with Gasteiger partial charge in [0.05, 0.1) is 15.3 Å². The monoisotopic (exact) mass is 394 g/mol. The van der Waals surface area contributed by atoms with Gasteiger partial charge in [-0.15, -0.1) is 10.2 Å². The molecule has 2 aromatic heterocycles. The van der Waals surface area contributed by atoms with Gasteiger partial charge in [-0.1, -0.05) is 53.2 Å². The molecule has 0 bridgehead atoms. The molecule has 0 saturated heterocycles. The fraction of sp³-hybridized carbons (Fsp3) is 0.235. The molecule has 0 aliphatic rings. The maximum atomic E-state index is 12.6. The molecule has 1 N–H and O–H groups in total. The van der Waals surface area contributed by atoms with Crippen LogP contribution in [0.25, 0.3) is 5.65 Å². The Morgan fingerprint density at radius 2 is 1.92 bits per heavy atom. The predicted molar refractivity (Wildman–Crippen MR) is 103 cm³/mol. The fourth-order valence-electron chi connectivity index (χ4n) is 2.43. The highest BCUT2D eigenvalue weighted by molar-refractivity contribution is 8.00. The Hall–Kier alpha value is -1.76. The average Bonchev–Trinajstić information content (AvgIpc) is 2.94. The van der Waals surface area contributed by atoms with E-state index in [0.29, 0.717) is 20.8 Å². The van der Waals surface area contributed by atoms with Crippen LogP contribution in [0.5, 0.6) is 0 Å². The second-order valence-corrected chi connectivity index (χ2v) is 7.85. The van der Waals surface area contributed by atoms with Gasteiger partial charge in [0.25, 0.3) is 0 Å². The van der Waals surface area contributed by atoms with E-state index in [1.807, 2.05) is 39.0 Å². The summed E-state index contributed by atoms with van der Waals surface area (Å²) in [6, 6.07) is 7.51. The molecule has 0 fully saturated rings. The largest absolute Gasteiger partial charge is 0.325 e.